The van der Waals surface area contributed by atoms with E-state index in [4.69, 9.17) is 0 Å². The van der Waals surface area contributed by atoms with E-state index in [-0.39, 0.29) is 17.0 Å². The van der Waals surface area contributed by atoms with Crippen molar-refractivity contribution in [1.29, 1.82) is 0 Å². The van der Waals surface area contributed by atoms with E-state index in [1.165, 1.54) is 4.88 Å². The normalized spacial score (nSPS) is 18.4. The lowest BCUT2D eigenvalue weighted by molar-refractivity contribution is -0.128. The molecule has 1 aliphatic rings. The fraction of sp³-hybridized carbons (Fsp3) is 0.267. The minimum Gasteiger partial charge on any atom is -0.508 e. The molecule has 1 atom stereocenters. The van der Waals surface area contributed by atoms with Crippen LogP contribution in [0.4, 0.5) is 0 Å². The molecule has 1 N–H and O–H groups in total. The first kappa shape index (κ1) is 14.9. The first-order chi connectivity index (χ1) is 10.1. The summed E-state index contributed by atoms with van der Waals surface area (Å²) >= 11 is 6.93. The molecule has 1 saturated heterocycles. The Morgan fingerprint density at radius 2 is 2.05 bits per heavy atom. The Balaban J connectivity index is 1.71. The van der Waals surface area contributed by atoms with Gasteiger partial charge in [-0.15, -0.1) is 23.1 Å². The Bertz CT molecular complexity index is 641. The summed E-state index contributed by atoms with van der Waals surface area (Å²) < 4.78 is 1.08. The Hall–Kier alpha value is -0.980. The molecular weight excluding hydrogens is 370 g/mol. The molecule has 3 rings (SSSR count). The van der Waals surface area contributed by atoms with Crippen LogP contribution in [-0.4, -0.2) is 28.2 Å². The van der Waals surface area contributed by atoms with Crippen molar-refractivity contribution in [3.63, 3.8) is 0 Å². The number of halogens is 1. The smallest absolute Gasteiger partial charge is 0.233 e. The summed E-state index contributed by atoms with van der Waals surface area (Å²) in [5.41, 5.74) is 1.13. The average molecular weight is 384 g/mol. The van der Waals surface area contributed by atoms with Crippen LogP contribution in [0.2, 0.25) is 0 Å². The maximum Gasteiger partial charge on any atom is 0.233 e. The van der Waals surface area contributed by atoms with Gasteiger partial charge in [-0.1, -0.05) is 12.1 Å². The van der Waals surface area contributed by atoms with Gasteiger partial charge in [0.15, 0.2) is 0 Å². The maximum absolute atomic E-state index is 12.1. The van der Waals surface area contributed by atoms with Crippen molar-refractivity contribution >= 4 is 44.9 Å². The van der Waals surface area contributed by atoms with E-state index >= 15 is 0 Å². The van der Waals surface area contributed by atoms with Crippen LogP contribution in [0.3, 0.4) is 0 Å². The van der Waals surface area contributed by atoms with Gasteiger partial charge in [-0.25, -0.2) is 0 Å². The lowest BCUT2D eigenvalue weighted by Crippen LogP contribution is -2.30. The number of hydrogen-bond donors (Lipinski definition) is 1. The van der Waals surface area contributed by atoms with E-state index in [0.29, 0.717) is 12.3 Å². The number of amides is 1. The summed E-state index contributed by atoms with van der Waals surface area (Å²) in [7, 11) is 0. The number of nitrogens with zero attached hydrogens (tertiary/aromatic N) is 1. The van der Waals surface area contributed by atoms with E-state index in [9.17, 15) is 9.90 Å². The highest BCUT2D eigenvalue weighted by Gasteiger charge is 2.34. The molecule has 6 heteroatoms. The number of thiophene rings is 1. The van der Waals surface area contributed by atoms with Gasteiger partial charge in [-0.2, -0.15) is 0 Å². The molecule has 0 aliphatic carbocycles. The molecular formula is C15H14BrNO2S2. The van der Waals surface area contributed by atoms with Crippen LogP contribution < -0.4 is 0 Å². The van der Waals surface area contributed by atoms with Crippen LogP contribution >= 0.6 is 39.0 Å². The molecule has 1 amide bonds. The standard InChI is InChI=1S/C15H14BrNO2S2/c16-12-6-8-20-14(12)15-17(13(19)9-21-15)7-5-10-1-3-11(18)4-2-10/h1-4,6,8,15,18H,5,7,9H2. The SMILES string of the molecule is O=C1CSC(c2sccc2Br)N1CCc1ccc(O)cc1. The molecule has 3 nitrogen and oxygen atoms in total. The zero-order chi connectivity index (χ0) is 14.8. The van der Waals surface area contributed by atoms with E-state index < -0.39 is 0 Å². The van der Waals surface area contributed by atoms with Gasteiger partial charge >= 0.3 is 0 Å². The number of carbonyl (C=O) groups excluding carboxylic acids is 1. The minimum absolute atomic E-state index is 0.115. The van der Waals surface area contributed by atoms with Crippen LogP contribution in [-0.2, 0) is 11.2 Å². The second-order valence-electron chi connectivity index (χ2n) is 4.80. The summed E-state index contributed by atoms with van der Waals surface area (Å²) in [5.74, 6) is 1.01. The Morgan fingerprint density at radius 1 is 1.29 bits per heavy atom. The highest BCUT2D eigenvalue weighted by Crippen LogP contribution is 2.43. The zero-order valence-electron chi connectivity index (χ0n) is 11.2. The third kappa shape index (κ3) is 3.27. The maximum atomic E-state index is 12.1. The van der Waals surface area contributed by atoms with Gasteiger partial charge in [-0.05, 0) is 51.5 Å². The fourth-order valence-electron chi connectivity index (χ4n) is 2.31. The monoisotopic (exact) mass is 383 g/mol. The van der Waals surface area contributed by atoms with E-state index in [1.54, 1.807) is 35.2 Å². The predicted octanol–water partition coefficient (Wildman–Crippen LogP) is 4.03. The molecule has 1 aromatic carbocycles. The number of thioether (sulfide) groups is 1. The van der Waals surface area contributed by atoms with Crippen molar-refractivity contribution in [2.45, 2.75) is 11.8 Å². The highest BCUT2D eigenvalue weighted by molar-refractivity contribution is 9.10. The first-order valence-corrected chi connectivity index (χ1v) is 9.29. The second-order valence-corrected chi connectivity index (χ2v) is 7.67. The fourth-order valence-corrected chi connectivity index (χ4v) is 5.56. The molecule has 2 heterocycles. The third-order valence-corrected chi connectivity index (χ3v) is 6.71. The van der Waals surface area contributed by atoms with Gasteiger partial charge < -0.3 is 10.0 Å². The molecule has 1 aliphatic heterocycles. The lowest BCUT2D eigenvalue weighted by Gasteiger charge is -2.23. The largest absolute Gasteiger partial charge is 0.508 e. The number of benzene rings is 1. The predicted molar refractivity (Wildman–Crippen MR) is 90.7 cm³/mol. The minimum atomic E-state index is 0.115. The molecule has 0 bridgehead atoms. The lowest BCUT2D eigenvalue weighted by atomic mass is 10.1. The van der Waals surface area contributed by atoms with Crippen molar-refractivity contribution in [3.05, 3.63) is 50.6 Å². The molecule has 0 saturated carbocycles. The highest BCUT2D eigenvalue weighted by atomic mass is 79.9. The van der Waals surface area contributed by atoms with Crippen LogP contribution in [0.25, 0.3) is 0 Å². The summed E-state index contributed by atoms with van der Waals surface area (Å²) in [6, 6.07) is 9.20. The Labute approximate surface area is 140 Å². The summed E-state index contributed by atoms with van der Waals surface area (Å²) in [5, 5.41) is 11.5. The summed E-state index contributed by atoms with van der Waals surface area (Å²) in [4.78, 5) is 15.3. The average Bonchev–Trinajstić information content (AvgIpc) is 3.04. The third-order valence-electron chi connectivity index (χ3n) is 3.41. The van der Waals surface area contributed by atoms with Crippen molar-refractivity contribution in [2.75, 3.05) is 12.3 Å². The number of phenolic OH excluding ortho intramolecular Hbond substituents is 1. The van der Waals surface area contributed by atoms with Crippen molar-refractivity contribution in [3.8, 4) is 5.75 Å². The van der Waals surface area contributed by atoms with Gasteiger partial charge in [0.2, 0.25) is 5.91 Å². The van der Waals surface area contributed by atoms with Crippen LogP contribution in [0.15, 0.2) is 40.2 Å². The van der Waals surface area contributed by atoms with Crippen molar-refractivity contribution < 1.29 is 9.90 Å². The van der Waals surface area contributed by atoms with Gasteiger partial charge in [-0.3, -0.25) is 4.79 Å². The van der Waals surface area contributed by atoms with E-state index in [2.05, 4.69) is 15.9 Å². The number of aromatic hydroxyl groups is 1. The van der Waals surface area contributed by atoms with Crippen LogP contribution in [0.1, 0.15) is 15.8 Å². The molecule has 1 aromatic heterocycles. The molecule has 21 heavy (non-hydrogen) atoms. The van der Waals surface area contributed by atoms with Gasteiger partial charge in [0.05, 0.1) is 10.6 Å². The molecule has 1 unspecified atom stereocenters. The number of rotatable bonds is 4. The van der Waals surface area contributed by atoms with Crippen molar-refractivity contribution in [1.82, 2.24) is 4.90 Å². The van der Waals surface area contributed by atoms with E-state index in [0.717, 1.165) is 16.5 Å². The molecule has 2 aromatic rings. The Kier molecular flexibility index (Phi) is 4.57. The first-order valence-electron chi connectivity index (χ1n) is 6.57. The summed E-state index contributed by atoms with van der Waals surface area (Å²) in [6.45, 7) is 0.700. The number of hydrogen-bond acceptors (Lipinski definition) is 4. The van der Waals surface area contributed by atoms with Gasteiger partial charge in [0.25, 0.3) is 0 Å². The van der Waals surface area contributed by atoms with Gasteiger partial charge in [0.1, 0.15) is 11.1 Å². The molecule has 1 fully saturated rings. The topological polar surface area (TPSA) is 40.5 Å². The number of carbonyl (C=O) groups is 1. The van der Waals surface area contributed by atoms with Gasteiger partial charge in [0, 0.05) is 11.0 Å². The molecule has 0 spiro atoms. The van der Waals surface area contributed by atoms with E-state index in [1.807, 2.05) is 28.5 Å². The van der Waals surface area contributed by atoms with Crippen molar-refractivity contribution in [2.24, 2.45) is 0 Å². The van der Waals surface area contributed by atoms with Crippen LogP contribution in [0, 0.1) is 0 Å². The number of phenols is 1. The quantitative estimate of drug-likeness (QED) is 0.865. The summed E-state index contributed by atoms with van der Waals surface area (Å²) in [6.07, 6.45) is 0.798. The zero-order valence-corrected chi connectivity index (χ0v) is 14.4. The molecule has 0 radical (unpaired) electrons. The van der Waals surface area contributed by atoms with Crippen LogP contribution in [0.5, 0.6) is 5.75 Å². The second kappa shape index (κ2) is 6.42. The molecule has 110 valence electrons. The Morgan fingerprint density at radius 3 is 2.71 bits per heavy atom.